The van der Waals surface area contributed by atoms with Gasteiger partial charge in [0.1, 0.15) is 5.78 Å². The Bertz CT molecular complexity index is 807. The zero-order valence-electron chi connectivity index (χ0n) is 14.0. The van der Waals surface area contributed by atoms with Gasteiger partial charge in [-0.2, -0.15) is 0 Å². The summed E-state index contributed by atoms with van der Waals surface area (Å²) in [6, 6.07) is 5.02. The molecule has 0 aliphatic heterocycles. The van der Waals surface area contributed by atoms with Crippen molar-refractivity contribution in [2.75, 3.05) is 5.75 Å². The first-order chi connectivity index (χ1) is 10.6. The number of Topliss-reactive ketones (excluding diaryl/α,β-unsaturated/α-hetero) is 1. The van der Waals surface area contributed by atoms with Gasteiger partial charge in [0, 0.05) is 16.5 Å². The van der Waals surface area contributed by atoms with Crippen molar-refractivity contribution in [3.8, 4) is 0 Å². The highest BCUT2D eigenvalue weighted by molar-refractivity contribution is 7.99. The van der Waals surface area contributed by atoms with E-state index >= 15 is 0 Å². The van der Waals surface area contributed by atoms with E-state index in [-0.39, 0.29) is 23.1 Å². The van der Waals surface area contributed by atoms with Crippen LogP contribution in [0.3, 0.4) is 0 Å². The zero-order chi connectivity index (χ0) is 17.4. The molecule has 2 aromatic rings. The number of hydrogen-bond donors (Lipinski definition) is 0. The number of ketones is 1. The van der Waals surface area contributed by atoms with E-state index < -0.39 is 5.41 Å². The van der Waals surface area contributed by atoms with Gasteiger partial charge in [-0.3, -0.25) is 14.2 Å². The van der Waals surface area contributed by atoms with Crippen LogP contribution in [0, 0.1) is 5.41 Å². The van der Waals surface area contributed by atoms with Crippen molar-refractivity contribution in [1.82, 2.24) is 9.55 Å². The second kappa shape index (κ2) is 6.65. The molecule has 23 heavy (non-hydrogen) atoms. The highest BCUT2D eigenvalue weighted by Gasteiger charge is 2.22. The van der Waals surface area contributed by atoms with Gasteiger partial charge < -0.3 is 0 Å². The van der Waals surface area contributed by atoms with Gasteiger partial charge in [-0.15, -0.1) is 0 Å². The van der Waals surface area contributed by atoms with Crippen LogP contribution in [0.2, 0.25) is 5.02 Å². The Labute approximate surface area is 145 Å². The number of hydrogen-bond acceptors (Lipinski definition) is 4. The van der Waals surface area contributed by atoms with E-state index in [1.165, 1.54) is 11.8 Å². The van der Waals surface area contributed by atoms with E-state index in [4.69, 9.17) is 11.6 Å². The Morgan fingerprint density at radius 1 is 1.35 bits per heavy atom. The van der Waals surface area contributed by atoms with Crippen LogP contribution >= 0.6 is 23.4 Å². The molecule has 4 nitrogen and oxygen atoms in total. The molecule has 1 aromatic carbocycles. The summed E-state index contributed by atoms with van der Waals surface area (Å²) in [4.78, 5) is 29.5. The van der Waals surface area contributed by atoms with Gasteiger partial charge in [0.05, 0.1) is 16.7 Å². The molecular formula is C17H21ClN2O2S. The fourth-order valence-corrected chi connectivity index (χ4v) is 3.51. The molecule has 2 rings (SSSR count). The summed E-state index contributed by atoms with van der Waals surface area (Å²) < 4.78 is 1.64. The summed E-state index contributed by atoms with van der Waals surface area (Å²) in [6.45, 7) is 9.53. The summed E-state index contributed by atoms with van der Waals surface area (Å²) in [6.07, 6.45) is 0. The van der Waals surface area contributed by atoms with Crippen molar-refractivity contribution in [2.24, 2.45) is 5.41 Å². The molecule has 124 valence electrons. The Balaban J connectivity index is 2.51. The molecule has 0 radical (unpaired) electrons. The predicted molar refractivity (Wildman–Crippen MR) is 96.6 cm³/mol. The summed E-state index contributed by atoms with van der Waals surface area (Å²) in [5, 5.41) is 1.63. The number of rotatable bonds is 4. The van der Waals surface area contributed by atoms with Crippen molar-refractivity contribution in [3.05, 3.63) is 33.6 Å². The van der Waals surface area contributed by atoms with Crippen LogP contribution in [-0.2, 0) is 4.79 Å². The van der Waals surface area contributed by atoms with Crippen LogP contribution in [0.25, 0.3) is 10.9 Å². The van der Waals surface area contributed by atoms with Crippen LogP contribution in [0.4, 0.5) is 0 Å². The number of benzene rings is 1. The average Bonchev–Trinajstić information content (AvgIpc) is 2.42. The second-order valence-electron chi connectivity index (χ2n) is 6.79. The lowest BCUT2D eigenvalue weighted by molar-refractivity contribution is -0.123. The SMILES string of the molecule is CC(C)n1c(SCC(=O)C(C)(C)C)nc2cc(Cl)ccc2c1=O. The molecule has 0 bridgehead atoms. The monoisotopic (exact) mass is 352 g/mol. The third-order valence-corrected chi connectivity index (χ3v) is 4.70. The van der Waals surface area contributed by atoms with E-state index in [9.17, 15) is 9.59 Å². The van der Waals surface area contributed by atoms with Gasteiger partial charge in [0.25, 0.3) is 5.56 Å². The summed E-state index contributed by atoms with van der Waals surface area (Å²) in [5.74, 6) is 0.410. The molecule has 0 saturated carbocycles. The molecule has 1 aromatic heterocycles. The topological polar surface area (TPSA) is 52.0 Å². The van der Waals surface area contributed by atoms with Gasteiger partial charge in [0.2, 0.25) is 0 Å². The lowest BCUT2D eigenvalue weighted by Crippen LogP contribution is -2.26. The second-order valence-corrected chi connectivity index (χ2v) is 8.17. The molecular weight excluding hydrogens is 332 g/mol. The van der Waals surface area contributed by atoms with Crippen molar-refractivity contribution >= 4 is 40.0 Å². The lowest BCUT2D eigenvalue weighted by atomic mass is 9.92. The molecule has 0 amide bonds. The minimum atomic E-state index is -0.407. The number of halogens is 1. The molecule has 0 saturated heterocycles. The Morgan fingerprint density at radius 3 is 2.57 bits per heavy atom. The van der Waals surface area contributed by atoms with E-state index in [1.54, 1.807) is 22.8 Å². The maximum Gasteiger partial charge on any atom is 0.262 e. The first-order valence-electron chi connectivity index (χ1n) is 7.49. The molecule has 0 unspecified atom stereocenters. The summed E-state index contributed by atoms with van der Waals surface area (Å²) in [5.41, 5.74) is 0.0494. The van der Waals surface area contributed by atoms with Gasteiger partial charge in [-0.25, -0.2) is 4.98 Å². The van der Waals surface area contributed by atoms with Crippen molar-refractivity contribution in [3.63, 3.8) is 0 Å². The standard InChI is InChI=1S/C17H21ClN2O2S/c1-10(2)20-15(22)12-7-6-11(18)8-13(12)19-16(20)23-9-14(21)17(3,4)5/h6-8,10H,9H2,1-5H3. The molecule has 0 N–H and O–H groups in total. The molecule has 0 atom stereocenters. The van der Waals surface area contributed by atoms with Crippen molar-refractivity contribution in [1.29, 1.82) is 0 Å². The predicted octanol–water partition coefficient (Wildman–Crippen LogP) is 4.34. The molecule has 6 heteroatoms. The lowest BCUT2D eigenvalue weighted by Gasteiger charge is -2.18. The van der Waals surface area contributed by atoms with Gasteiger partial charge >= 0.3 is 0 Å². The van der Waals surface area contributed by atoms with Crippen molar-refractivity contribution < 1.29 is 4.79 Å². The van der Waals surface area contributed by atoms with E-state index in [2.05, 4.69) is 4.98 Å². The first kappa shape index (κ1) is 18.0. The quantitative estimate of drug-likeness (QED) is 0.606. The van der Waals surface area contributed by atoms with Crippen LogP contribution in [0.1, 0.15) is 40.7 Å². The smallest absolute Gasteiger partial charge is 0.262 e. The van der Waals surface area contributed by atoms with Gasteiger partial charge in [0.15, 0.2) is 5.16 Å². The molecule has 0 fully saturated rings. The fraction of sp³-hybridized carbons (Fsp3) is 0.471. The molecule has 0 spiro atoms. The number of fused-ring (bicyclic) bond motifs is 1. The third-order valence-electron chi connectivity index (χ3n) is 3.52. The average molecular weight is 353 g/mol. The highest BCUT2D eigenvalue weighted by atomic mass is 35.5. The van der Waals surface area contributed by atoms with Gasteiger partial charge in [-0.05, 0) is 32.0 Å². The Kier molecular flexibility index (Phi) is 5.21. The number of thioether (sulfide) groups is 1. The van der Waals surface area contributed by atoms with Crippen LogP contribution in [0.5, 0.6) is 0 Å². The maximum atomic E-state index is 12.7. The summed E-state index contributed by atoms with van der Waals surface area (Å²) >= 11 is 7.31. The number of carbonyl (C=O) groups excluding carboxylic acids is 1. The minimum absolute atomic E-state index is 0.0395. The fourth-order valence-electron chi connectivity index (χ4n) is 2.06. The minimum Gasteiger partial charge on any atom is -0.298 e. The van der Waals surface area contributed by atoms with Gasteiger partial charge in [-0.1, -0.05) is 44.1 Å². The molecule has 0 aliphatic rings. The van der Waals surface area contributed by atoms with Crippen LogP contribution < -0.4 is 5.56 Å². The van der Waals surface area contributed by atoms with Crippen molar-refractivity contribution in [2.45, 2.75) is 45.8 Å². The third kappa shape index (κ3) is 3.96. The maximum absolute atomic E-state index is 12.7. The molecule has 1 heterocycles. The highest BCUT2D eigenvalue weighted by Crippen LogP contribution is 2.25. The Morgan fingerprint density at radius 2 is 2.00 bits per heavy atom. The van der Waals surface area contributed by atoms with E-state index in [1.807, 2.05) is 34.6 Å². The van der Waals surface area contributed by atoms with E-state index in [0.717, 1.165) is 0 Å². The van der Waals surface area contributed by atoms with E-state index in [0.29, 0.717) is 21.1 Å². The largest absolute Gasteiger partial charge is 0.298 e. The normalized spacial score (nSPS) is 12.1. The first-order valence-corrected chi connectivity index (χ1v) is 8.85. The number of nitrogens with zero attached hydrogens (tertiary/aromatic N) is 2. The number of aromatic nitrogens is 2. The zero-order valence-corrected chi connectivity index (χ0v) is 15.6. The molecule has 0 aliphatic carbocycles. The number of carbonyl (C=O) groups is 1. The summed E-state index contributed by atoms with van der Waals surface area (Å²) in [7, 11) is 0. The Hall–Kier alpha value is -1.33. The van der Waals surface area contributed by atoms with Crippen LogP contribution in [-0.4, -0.2) is 21.1 Å². The van der Waals surface area contributed by atoms with Crippen LogP contribution in [0.15, 0.2) is 28.2 Å².